The molecule has 0 aromatic heterocycles. The lowest BCUT2D eigenvalue weighted by molar-refractivity contribution is -0.271. The molecule has 0 spiro atoms. The zero-order valence-corrected chi connectivity index (χ0v) is 11.8. The van der Waals surface area contributed by atoms with Crippen LogP contribution in [0.15, 0.2) is 23.8 Å². The lowest BCUT2D eigenvalue weighted by atomic mass is 9.76. The SMILES string of the molecule is C=C(C)C(CC[C@](C)(O)[C@@H]1CC=C(C)CC1)OO. The fourth-order valence-corrected chi connectivity index (χ4v) is 2.55. The van der Waals surface area contributed by atoms with Gasteiger partial charge in [0.1, 0.15) is 6.10 Å². The topological polar surface area (TPSA) is 49.7 Å². The number of aliphatic hydroxyl groups is 1. The smallest absolute Gasteiger partial charge is 0.113 e. The summed E-state index contributed by atoms with van der Waals surface area (Å²) >= 11 is 0. The summed E-state index contributed by atoms with van der Waals surface area (Å²) in [5.74, 6) is 0.297. The molecule has 0 radical (unpaired) electrons. The van der Waals surface area contributed by atoms with Crippen molar-refractivity contribution >= 4 is 0 Å². The first-order chi connectivity index (χ1) is 8.36. The zero-order chi connectivity index (χ0) is 13.8. The van der Waals surface area contributed by atoms with Crippen LogP contribution in [0.3, 0.4) is 0 Å². The van der Waals surface area contributed by atoms with Gasteiger partial charge in [-0.1, -0.05) is 18.2 Å². The van der Waals surface area contributed by atoms with Crippen LogP contribution in [-0.4, -0.2) is 22.1 Å². The molecular formula is C15H26O3. The van der Waals surface area contributed by atoms with E-state index in [9.17, 15) is 5.11 Å². The molecule has 3 nitrogen and oxygen atoms in total. The highest BCUT2D eigenvalue weighted by Crippen LogP contribution is 2.35. The van der Waals surface area contributed by atoms with Crippen molar-refractivity contribution in [2.24, 2.45) is 5.92 Å². The van der Waals surface area contributed by atoms with E-state index in [1.54, 1.807) is 0 Å². The first-order valence-corrected chi connectivity index (χ1v) is 6.70. The normalized spacial score (nSPS) is 25.2. The van der Waals surface area contributed by atoms with Crippen LogP contribution in [0, 0.1) is 5.92 Å². The van der Waals surface area contributed by atoms with Gasteiger partial charge in [0.05, 0.1) is 5.60 Å². The Bertz CT molecular complexity index is 318. The summed E-state index contributed by atoms with van der Waals surface area (Å²) in [6, 6.07) is 0. The van der Waals surface area contributed by atoms with E-state index < -0.39 is 5.60 Å². The van der Waals surface area contributed by atoms with E-state index >= 15 is 0 Å². The maximum Gasteiger partial charge on any atom is 0.113 e. The minimum absolute atomic E-state index is 0.297. The van der Waals surface area contributed by atoms with Crippen molar-refractivity contribution in [1.29, 1.82) is 0 Å². The molecule has 1 unspecified atom stereocenters. The number of rotatable bonds is 6. The van der Waals surface area contributed by atoms with Crippen LogP contribution in [0.1, 0.15) is 52.9 Å². The second kappa shape index (κ2) is 6.50. The van der Waals surface area contributed by atoms with Gasteiger partial charge < -0.3 is 5.11 Å². The van der Waals surface area contributed by atoms with Gasteiger partial charge in [-0.25, -0.2) is 4.89 Å². The molecule has 0 amide bonds. The number of allylic oxidation sites excluding steroid dienone is 2. The summed E-state index contributed by atoms with van der Waals surface area (Å²) in [7, 11) is 0. The van der Waals surface area contributed by atoms with Gasteiger partial charge in [0.15, 0.2) is 0 Å². The first-order valence-electron chi connectivity index (χ1n) is 6.70. The van der Waals surface area contributed by atoms with Crippen LogP contribution in [0.4, 0.5) is 0 Å². The Morgan fingerprint density at radius 1 is 1.67 bits per heavy atom. The summed E-state index contributed by atoms with van der Waals surface area (Å²) in [5, 5.41) is 19.3. The second-order valence-electron chi connectivity index (χ2n) is 5.86. The Kier molecular flexibility index (Phi) is 5.57. The van der Waals surface area contributed by atoms with Gasteiger partial charge >= 0.3 is 0 Å². The Morgan fingerprint density at radius 3 is 2.78 bits per heavy atom. The molecule has 0 heterocycles. The van der Waals surface area contributed by atoms with Crippen LogP contribution in [0.5, 0.6) is 0 Å². The van der Waals surface area contributed by atoms with Crippen molar-refractivity contribution in [3.05, 3.63) is 23.8 Å². The fraction of sp³-hybridized carbons (Fsp3) is 0.733. The highest BCUT2D eigenvalue weighted by molar-refractivity contribution is 5.06. The number of hydrogen-bond donors (Lipinski definition) is 2. The largest absolute Gasteiger partial charge is 0.390 e. The van der Waals surface area contributed by atoms with Crippen molar-refractivity contribution in [3.8, 4) is 0 Å². The Hall–Kier alpha value is -0.640. The summed E-state index contributed by atoms with van der Waals surface area (Å²) in [4.78, 5) is 4.39. The zero-order valence-electron chi connectivity index (χ0n) is 11.8. The highest BCUT2D eigenvalue weighted by atomic mass is 17.1. The van der Waals surface area contributed by atoms with E-state index in [-0.39, 0.29) is 6.10 Å². The highest BCUT2D eigenvalue weighted by Gasteiger charge is 2.32. The predicted molar refractivity (Wildman–Crippen MR) is 73.3 cm³/mol. The van der Waals surface area contributed by atoms with Crippen LogP contribution >= 0.6 is 0 Å². The molecule has 0 aliphatic heterocycles. The molecule has 0 fully saturated rings. The van der Waals surface area contributed by atoms with Crippen molar-refractivity contribution in [3.63, 3.8) is 0 Å². The summed E-state index contributed by atoms with van der Waals surface area (Å²) in [6.45, 7) is 9.62. The Labute approximate surface area is 110 Å². The van der Waals surface area contributed by atoms with Crippen molar-refractivity contribution < 1.29 is 15.3 Å². The minimum atomic E-state index is -0.705. The van der Waals surface area contributed by atoms with Gasteiger partial charge in [-0.15, -0.1) is 0 Å². The van der Waals surface area contributed by atoms with Gasteiger partial charge in [-0.3, -0.25) is 5.26 Å². The van der Waals surface area contributed by atoms with Gasteiger partial charge in [0.25, 0.3) is 0 Å². The van der Waals surface area contributed by atoms with Crippen molar-refractivity contribution in [2.75, 3.05) is 0 Å². The minimum Gasteiger partial charge on any atom is -0.390 e. The molecule has 1 aliphatic carbocycles. The monoisotopic (exact) mass is 254 g/mol. The predicted octanol–water partition coefficient (Wildman–Crippen LogP) is 3.70. The van der Waals surface area contributed by atoms with E-state index in [0.29, 0.717) is 18.8 Å². The molecule has 104 valence electrons. The Morgan fingerprint density at radius 2 is 2.33 bits per heavy atom. The van der Waals surface area contributed by atoms with Crippen LogP contribution in [-0.2, 0) is 4.89 Å². The van der Waals surface area contributed by atoms with Crippen molar-refractivity contribution in [1.82, 2.24) is 0 Å². The summed E-state index contributed by atoms with van der Waals surface area (Å²) in [6.07, 6.45) is 6.10. The van der Waals surface area contributed by atoms with E-state index in [0.717, 1.165) is 24.8 Å². The van der Waals surface area contributed by atoms with Crippen LogP contribution < -0.4 is 0 Å². The number of hydrogen-bond acceptors (Lipinski definition) is 3. The van der Waals surface area contributed by atoms with E-state index in [1.165, 1.54) is 5.57 Å². The lowest BCUT2D eigenvalue weighted by Crippen LogP contribution is -2.36. The van der Waals surface area contributed by atoms with Gasteiger partial charge in [0.2, 0.25) is 0 Å². The lowest BCUT2D eigenvalue weighted by Gasteiger charge is -2.35. The molecule has 18 heavy (non-hydrogen) atoms. The molecule has 0 saturated heterocycles. The van der Waals surface area contributed by atoms with Crippen molar-refractivity contribution in [2.45, 2.75) is 64.6 Å². The summed E-state index contributed by atoms with van der Waals surface area (Å²) < 4.78 is 0. The third-order valence-electron chi connectivity index (χ3n) is 4.11. The molecule has 2 N–H and O–H groups in total. The molecule has 0 saturated carbocycles. The second-order valence-corrected chi connectivity index (χ2v) is 5.86. The summed E-state index contributed by atoms with van der Waals surface area (Å²) in [5.41, 5.74) is 1.50. The maximum atomic E-state index is 10.6. The van der Waals surface area contributed by atoms with Crippen LogP contribution in [0.25, 0.3) is 0 Å². The van der Waals surface area contributed by atoms with E-state index in [2.05, 4.69) is 24.5 Å². The molecule has 1 aliphatic rings. The molecule has 1 rings (SSSR count). The third kappa shape index (κ3) is 4.23. The Balaban J connectivity index is 2.51. The molecule has 3 atom stereocenters. The quantitative estimate of drug-likeness (QED) is 0.431. The molecule has 0 aromatic carbocycles. The van der Waals surface area contributed by atoms with Gasteiger partial charge in [-0.2, -0.15) is 0 Å². The van der Waals surface area contributed by atoms with Gasteiger partial charge in [0, 0.05) is 0 Å². The molecule has 0 bridgehead atoms. The van der Waals surface area contributed by atoms with E-state index in [1.807, 2.05) is 13.8 Å². The average molecular weight is 254 g/mol. The average Bonchev–Trinajstić information content (AvgIpc) is 2.29. The van der Waals surface area contributed by atoms with E-state index in [4.69, 9.17) is 5.26 Å². The standard InChI is InChI=1S/C15H26O3/c1-11(2)14(18-17)9-10-15(4,16)13-7-5-12(3)6-8-13/h5,13-14,16-17H,1,6-10H2,2-4H3/t13-,14?,15+/m1/s1. The molecule has 0 aromatic rings. The first kappa shape index (κ1) is 15.4. The molecular weight excluding hydrogens is 228 g/mol. The van der Waals surface area contributed by atoms with Gasteiger partial charge in [-0.05, 0) is 64.4 Å². The van der Waals surface area contributed by atoms with Crippen LogP contribution in [0.2, 0.25) is 0 Å². The maximum absolute atomic E-state index is 10.6. The third-order valence-corrected chi connectivity index (χ3v) is 4.11. The molecule has 3 heteroatoms. The fourth-order valence-electron chi connectivity index (χ4n) is 2.55.